The number of hydrogen-bond donors (Lipinski definition) is 0. The van der Waals surface area contributed by atoms with E-state index in [9.17, 15) is 0 Å². The first kappa shape index (κ1) is 35.6. The Morgan fingerprint density at radius 1 is 0.508 bits per heavy atom. The van der Waals surface area contributed by atoms with Crippen LogP contribution in [0.25, 0.3) is 38.8 Å². The van der Waals surface area contributed by atoms with Crippen molar-refractivity contribution in [2.45, 2.75) is 26.2 Å². The number of para-hydroxylation sites is 2. The number of hydrogen-bond acceptors (Lipinski definition) is 8. The number of pyridine rings is 1. The average Bonchev–Trinajstić information content (AvgIpc) is 3.93. The van der Waals surface area contributed by atoms with E-state index >= 15 is 0 Å². The first-order valence-electron chi connectivity index (χ1n) is 21.2. The summed E-state index contributed by atoms with van der Waals surface area (Å²) in [5.74, 6) is 6.79. The third kappa shape index (κ3) is 5.59. The van der Waals surface area contributed by atoms with Gasteiger partial charge in [0.05, 0.1) is 17.7 Å². The minimum absolute atomic E-state index is 0.0318. The van der Waals surface area contributed by atoms with E-state index in [0.29, 0.717) is 6.67 Å². The summed E-state index contributed by atoms with van der Waals surface area (Å²) >= 11 is 0. The Balaban J connectivity index is 0.814. The summed E-state index contributed by atoms with van der Waals surface area (Å²) in [6.45, 7) is 7.28. The quantitative estimate of drug-likeness (QED) is 0.164. The van der Waals surface area contributed by atoms with E-state index < -0.39 is 0 Å². The van der Waals surface area contributed by atoms with Crippen molar-refractivity contribution in [3.05, 3.63) is 176 Å². The Kier molecular flexibility index (Phi) is 7.43. The van der Waals surface area contributed by atoms with Crippen LogP contribution < -0.4 is 33.6 Å². The number of rotatable bonds is 6. The van der Waals surface area contributed by atoms with Gasteiger partial charge >= 0.3 is 0 Å². The van der Waals surface area contributed by atoms with Gasteiger partial charge in [-0.3, -0.25) is 9.47 Å². The highest BCUT2D eigenvalue weighted by Gasteiger charge is 2.42. The van der Waals surface area contributed by atoms with Crippen LogP contribution in [0.1, 0.15) is 26.3 Å². The van der Waals surface area contributed by atoms with Crippen LogP contribution in [0.4, 0.5) is 28.4 Å². The molecule has 0 atom stereocenters. The molecule has 7 aromatic carbocycles. The van der Waals surface area contributed by atoms with Crippen LogP contribution in [-0.4, -0.2) is 16.2 Å². The van der Waals surface area contributed by atoms with Gasteiger partial charge in [-0.2, -0.15) is 0 Å². The Bertz CT molecular complexity index is 3330. The number of ether oxygens (including phenoxy) is 4. The zero-order chi connectivity index (χ0) is 42.0. The predicted molar refractivity (Wildman–Crippen MR) is 250 cm³/mol. The van der Waals surface area contributed by atoms with Crippen LogP contribution in [0.15, 0.2) is 170 Å². The van der Waals surface area contributed by atoms with Crippen LogP contribution in [0.5, 0.6) is 46.0 Å². The fourth-order valence-electron chi connectivity index (χ4n) is 9.32. The van der Waals surface area contributed by atoms with Crippen LogP contribution in [0, 0.1) is 0 Å². The zero-order valence-corrected chi connectivity index (χ0v) is 34.7. The van der Waals surface area contributed by atoms with Crippen molar-refractivity contribution in [3.63, 3.8) is 0 Å². The minimum atomic E-state index is -0.0318. The molecule has 0 spiro atoms. The molecule has 9 aromatic rings. The van der Waals surface area contributed by atoms with E-state index in [1.165, 1.54) is 16.7 Å². The van der Waals surface area contributed by atoms with E-state index in [4.69, 9.17) is 23.9 Å². The molecule has 13 rings (SSSR count). The summed E-state index contributed by atoms with van der Waals surface area (Å²) in [6.07, 6.45) is 6.09. The maximum atomic E-state index is 6.69. The van der Waals surface area contributed by atoms with Crippen molar-refractivity contribution < 1.29 is 18.9 Å². The Morgan fingerprint density at radius 3 is 1.87 bits per heavy atom. The van der Waals surface area contributed by atoms with Gasteiger partial charge in [-0.25, -0.2) is 4.98 Å². The molecule has 304 valence electrons. The topological polar surface area (TPSA) is 64.5 Å². The molecule has 9 nitrogen and oxygen atoms in total. The minimum Gasteiger partial charge on any atom is -0.457 e. The highest BCUT2D eigenvalue weighted by Crippen LogP contribution is 2.67. The molecule has 2 aromatic heterocycles. The largest absolute Gasteiger partial charge is 0.457 e. The number of aromatic nitrogens is 2. The fraction of sp³-hybridized carbons (Fsp3) is 0.0926. The SMILES string of the molecule is CC(C)(C)c1ccnc(-n2c3ccc(-c4ccccc4)cc3c3ccc(Oc4cccc(N5C=CN(c6cc7c8c(c6)Oc6cccc9c6N8c6c(cccc6O7)O9)C5)c4)cc32)c1. The summed E-state index contributed by atoms with van der Waals surface area (Å²) in [6, 6.07) is 52.1. The molecule has 0 amide bonds. The maximum absolute atomic E-state index is 6.69. The summed E-state index contributed by atoms with van der Waals surface area (Å²) in [5, 5.41) is 2.29. The summed E-state index contributed by atoms with van der Waals surface area (Å²) in [7, 11) is 0. The molecule has 0 bridgehead atoms. The van der Waals surface area contributed by atoms with Gasteiger partial charge in [-0.05, 0) is 94.9 Å². The number of benzene rings is 7. The molecule has 0 radical (unpaired) electrons. The molecular formula is C54H39N5O4. The van der Waals surface area contributed by atoms with Gasteiger partial charge in [0.25, 0.3) is 0 Å². The normalized spacial score (nSPS) is 14.1. The average molecular weight is 822 g/mol. The number of fused-ring (bicyclic) bond motifs is 3. The third-order valence-corrected chi connectivity index (χ3v) is 12.4. The molecule has 0 saturated carbocycles. The molecule has 0 unspecified atom stereocenters. The maximum Gasteiger partial charge on any atom is 0.157 e. The molecule has 0 aliphatic carbocycles. The Morgan fingerprint density at radius 2 is 1.16 bits per heavy atom. The van der Waals surface area contributed by atoms with Gasteiger partial charge in [0.2, 0.25) is 0 Å². The van der Waals surface area contributed by atoms with Crippen molar-refractivity contribution in [1.29, 1.82) is 0 Å². The molecule has 6 heterocycles. The van der Waals surface area contributed by atoms with Crippen LogP contribution in [-0.2, 0) is 5.41 Å². The highest BCUT2D eigenvalue weighted by molar-refractivity contribution is 6.11. The van der Waals surface area contributed by atoms with Gasteiger partial charge in [-0.15, -0.1) is 0 Å². The second kappa shape index (κ2) is 13.2. The van der Waals surface area contributed by atoms with Crippen molar-refractivity contribution in [3.8, 4) is 62.9 Å². The molecule has 4 aliphatic heterocycles. The van der Waals surface area contributed by atoms with E-state index in [-0.39, 0.29) is 5.41 Å². The first-order valence-corrected chi connectivity index (χ1v) is 21.2. The van der Waals surface area contributed by atoms with E-state index in [1.54, 1.807) is 0 Å². The lowest BCUT2D eigenvalue weighted by molar-refractivity contribution is 0.418. The van der Waals surface area contributed by atoms with E-state index in [2.05, 4.69) is 156 Å². The molecule has 63 heavy (non-hydrogen) atoms. The Hall–Kier alpha value is -8.17. The van der Waals surface area contributed by atoms with Gasteiger partial charge in [-0.1, -0.05) is 75.4 Å². The molecule has 0 N–H and O–H groups in total. The first-order chi connectivity index (χ1) is 30.8. The van der Waals surface area contributed by atoms with Crippen LogP contribution in [0.3, 0.4) is 0 Å². The van der Waals surface area contributed by atoms with Crippen molar-refractivity contribution >= 4 is 50.2 Å². The zero-order valence-electron chi connectivity index (χ0n) is 34.7. The lowest BCUT2D eigenvalue weighted by Gasteiger charge is -2.42. The molecule has 4 aliphatic rings. The molecule has 0 saturated heterocycles. The van der Waals surface area contributed by atoms with Gasteiger partial charge in [0, 0.05) is 65.0 Å². The van der Waals surface area contributed by atoms with Gasteiger partial charge < -0.3 is 28.7 Å². The third-order valence-electron chi connectivity index (χ3n) is 12.4. The second-order valence-corrected chi connectivity index (χ2v) is 17.4. The lowest BCUT2D eigenvalue weighted by Crippen LogP contribution is -2.26. The Labute approximate surface area is 363 Å². The molecule has 9 heteroatoms. The van der Waals surface area contributed by atoms with Gasteiger partial charge in [0.1, 0.15) is 34.4 Å². The summed E-state index contributed by atoms with van der Waals surface area (Å²) in [4.78, 5) is 11.5. The molecule has 0 fully saturated rings. The number of anilines is 5. The number of nitrogens with zero attached hydrogens (tertiary/aromatic N) is 5. The van der Waals surface area contributed by atoms with Gasteiger partial charge in [0.15, 0.2) is 34.5 Å². The molecular weight excluding hydrogens is 783 g/mol. The monoisotopic (exact) mass is 821 g/mol. The van der Waals surface area contributed by atoms with Crippen LogP contribution >= 0.6 is 0 Å². The predicted octanol–water partition coefficient (Wildman–Crippen LogP) is 14.5. The van der Waals surface area contributed by atoms with Crippen molar-refractivity contribution in [2.24, 2.45) is 0 Å². The standard InChI is InChI=1S/C54H39N5O4/c1-54(2,3)35-22-23-55-50(27-35)58-42-21-18-34(33-10-5-4-6-11-33)26-41(42)40-20-19-39(31-43(40)58)60-38-13-7-12-36(28-38)56-24-25-57(32-56)37-29-48-53-49(30-37)63-47-17-9-15-45-52(47)59(53)51-44(61-45)14-8-16-46(51)62-48/h4-31H,32H2,1-3H3. The fourth-order valence-corrected chi connectivity index (χ4v) is 9.32. The van der Waals surface area contributed by atoms with E-state index in [0.717, 1.165) is 102 Å². The van der Waals surface area contributed by atoms with Crippen molar-refractivity contribution in [1.82, 2.24) is 9.55 Å². The van der Waals surface area contributed by atoms with Crippen LogP contribution in [0.2, 0.25) is 0 Å². The van der Waals surface area contributed by atoms with E-state index in [1.807, 2.05) is 54.7 Å². The second-order valence-electron chi connectivity index (χ2n) is 17.4. The lowest BCUT2D eigenvalue weighted by atomic mass is 9.88. The smallest absolute Gasteiger partial charge is 0.157 e. The highest BCUT2D eigenvalue weighted by atomic mass is 16.5. The van der Waals surface area contributed by atoms with Crippen molar-refractivity contribution in [2.75, 3.05) is 21.4 Å². The summed E-state index contributed by atoms with van der Waals surface area (Å²) in [5.41, 5.74) is 10.3. The summed E-state index contributed by atoms with van der Waals surface area (Å²) < 4.78 is 28.4.